The Bertz CT molecular complexity index is 383. The van der Waals surface area contributed by atoms with Gasteiger partial charge < -0.3 is 16.2 Å². The summed E-state index contributed by atoms with van der Waals surface area (Å²) >= 11 is 0. The molecule has 4 N–H and O–H groups in total. The maximum atomic E-state index is 9.47. The molecule has 5 nitrogen and oxygen atoms in total. The van der Waals surface area contributed by atoms with Crippen LogP contribution in [0.5, 0.6) is 0 Å². The fourth-order valence-electron chi connectivity index (χ4n) is 2.40. The van der Waals surface area contributed by atoms with Crippen LogP contribution < -0.4 is 11.1 Å². The van der Waals surface area contributed by atoms with Gasteiger partial charge in [0.2, 0.25) is 0 Å². The van der Waals surface area contributed by atoms with Gasteiger partial charge in [0.25, 0.3) is 0 Å². The quantitative estimate of drug-likeness (QED) is 0.731. The van der Waals surface area contributed by atoms with Crippen molar-refractivity contribution in [2.75, 3.05) is 17.6 Å². The Morgan fingerprint density at radius 2 is 2.29 bits per heavy atom. The number of aliphatic hydroxyl groups is 1. The van der Waals surface area contributed by atoms with E-state index >= 15 is 0 Å². The summed E-state index contributed by atoms with van der Waals surface area (Å²) in [6.45, 7) is 2.89. The molecule has 0 aromatic carbocycles. The van der Waals surface area contributed by atoms with E-state index in [9.17, 15) is 5.11 Å². The normalized spacial score (nSPS) is 23.9. The van der Waals surface area contributed by atoms with Gasteiger partial charge in [0.05, 0.1) is 6.10 Å². The lowest BCUT2D eigenvalue weighted by molar-refractivity contribution is 0.178. The summed E-state index contributed by atoms with van der Waals surface area (Å²) in [5.41, 5.74) is 6.78. The van der Waals surface area contributed by atoms with Gasteiger partial charge in [0, 0.05) is 12.1 Å². The van der Waals surface area contributed by atoms with Gasteiger partial charge in [-0.3, -0.25) is 0 Å². The lowest BCUT2D eigenvalue weighted by atomic mass is 10.1. The largest absolute Gasteiger partial charge is 0.393 e. The first-order valence-electron chi connectivity index (χ1n) is 6.22. The molecule has 1 saturated carbocycles. The second-order valence-corrected chi connectivity index (χ2v) is 4.65. The minimum absolute atomic E-state index is 0.122. The van der Waals surface area contributed by atoms with Crippen molar-refractivity contribution >= 4 is 11.6 Å². The number of nitrogen functional groups attached to an aromatic ring is 1. The highest BCUT2D eigenvalue weighted by Crippen LogP contribution is 2.26. The number of nitrogens with zero attached hydrogens (tertiary/aromatic N) is 2. The molecule has 0 spiro atoms. The third-order valence-corrected chi connectivity index (χ3v) is 3.40. The van der Waals surface area contributed by atoms with Gasteiger partial charge >= 0.3 is 0 Å². The molecule has 0 radical (unpaired) electrons. The molecule has 1 fully saturated rings. The molecule has 2 rings (SSSR count). The maximum Gasteiger partial charge on any atom is 0.134 e. The van der Waals surface area contributed by atoms with Crippen LogP contribution in [-0.2, 0) is 6.42 Å². The summed E-state index contributed by atoms with van der Waals surface area (Å²) in [5, 5.41) is 12.8. The van der Waals surface area contributed by atoms with Gasteiger partial charge in [0.15, 0.2) is 0 Å². The average molecular weight is 236 g/mol. The van der Waals surface area contributed by atoms with Crippen molar-refractivity contribution in [3.05, 3.63) is 11.9 Å². The van der Waals surface area contributed by atoms with Gasteiger partial charge in [-0.1, -0.05) is 6.92 Å². The summed E-state index contributed by atoms with van der Waals surface area (Å²) in [6, 6.07) is 0. The predicted molar refractivity (Wildman–Crippen MR) is 67.7 cm³/mol. The number of rotatable bonds is 4. The molecule has 1 heterocycles. The average Bonchev–Trinajstić information content (AvgIpc) is 2.72. The first-order chi connectivity index (χ1) is 8.20. The van der Waals surface area contributed by atoms with Gasteiger partial charge in [-0.15, -0.1) is 0 Å². The van der Waals surface area contributed by atoms with E-state index in [1.165, 1.54) is 6.33 Å². The molecule has 17 heavy (non-hydrogen) atoms. The Kier molecular flexibility index (Phi) is 3.78. The summed E-state index contributed by atoms with van der Waals surface area (Å²) in [4.78, 5) is 8.21. The SMILES string of the molecule is CCc1c(N)ncnc1NCC1CCC(O)C1. The first kappa shape index (κ1) is 12.1. The zero-order valence-electron chi connectivity index (χ0n) is 10.2. The number of hydrogen-bond donors (Lipinski definition) is 3. The van der Waals surface area contributed by atoms with Crippen LogP contribution in [0.1, 0.15) is 31.7 Å². The van der Waals surface area contributed by atoms with Crippen molar-refractivity contribution in [2.45, 2.75) is 38.7 Å². The standard InChI is InChI=1S/C12H20N4O/c1-2-10-11(13)15-7-16-12(10)14-6-8-3-4-9(17)5-8/h7-9,17H,2-6H2,1H3,(H3,13,14,15,16). The van der Waals surface area contributed by atoms with Gasteiger partial charge in [-0.05, 0) is 31.6 Å². The molecular formula is C12H20N4O. The molecule has 94 valence electrons. The molecule has 5 heteroatoms. The second-order valence-electron chi connectivity index (χ2n) is 4.65. The lowest BCUT2D eigenvalue weighted by Crippen LogP contribution is -2.15. The van der Waals surface area contributed by atoms with E-state index in [4.69, 9.17) is 5.73 Å². The highest BCUT2D eigenvalue weighted by molar-refractivity contribution is 5.54. The van der Waals surface area contributed by atoms with E-state index < -0.39 is 0 Å². The smallest absolute Gasteiger partial charge is 0.134 e. The van der Waals surface area contributed by atoms with Crippen molar-refractivity contribution in [3.63, 3.8) is 0 Å². The van der Waals surface area contributed by atoms with Crippen LogP contribution in [0, 0.1) is 5.92 Å². The van der Waals surface area contributed by atoms with Crippen molar-refractivity contribution in [1.82, 2.24) is 9.97 Å². The molecule has 0 bridgehead atoms. The second kappa shape index (κ2) is 5.31. The Morgan fingerprint density at radius 3 is 2.94 bits per heavy atom. The summed E-state index contributed by atoms with van der Waals surface area (Å²) in [6.07, 6.45) is 5.06. The lowest BCUT2D eigenvalue weighted by Gasteiger charge is -2.14. The van der Waals surface area contributed by atoms with Gasteiger partial charge in [-0.2, -0.15) is 0 Å². The van der Waals surface area contributed by atoms with Crippen LogP contribution in [0.25, 0.3) is 0 Å². The Balaban J connectivity index is 1.97. The Morgan fingerprint density at radius 1 is 1.47 bits per heavy atom. The Hall–Kier alpha value is -1.36. The fourth-order valence-corrected chi connectivity index (χ4v) is 2.40. The molecule has 2 unspecified atom stereocenters. The zero-order valence-corrected chi connectivity index (χ0v) is 10.2. The number of aliphatic hydroxyl groups excluding tert-OH is 1. The van der Waals surface area contributed by atoms with E-state index in [1.54, 1.807) is 0 Å². The molecule has 0 aliphatic heterocycles. The van der Waals surface area contributed by atoms with Crippen LogP contribution in [-0.4, -0.2) is 27.7 Å². The first-order valence-corrected chi connectivity index (χ1v) is 6.22. The zero-order chi connectivity index (χ0) is 12.3. The monoisotopic (exact) mass is 236 g/mol. The molecule has 0 amide bonds. The summed E-state index contributed by atoms with van der Waals surface area (Å²) in [5.74, 6) is 1.92. The highest BCUT2D eigenvalue weighted by Gasteiger charge is 2.22. The van der Waals surface area contributed by atoms with Crippen LogP contribution in [0.2, 0.25) is 0 Å². The minimum atomic E-state index is -0.122. The van der Waals surface area contributed by atoms with Gasteiger partial charge in [0.1, 0.15) is 18.0 Å². The van der Waals surface area contributed by atoms with Crippen LogP contribution in [0.15, 0.2) is 6.33 Å². The van der Waals surface area contributed by atoms with E-state index in [0.29, 0.717) is 11.7 Å². The third kappa shape index (κ3) is 2.85. The molecule has 1 aromatic heterocycles. The van der Waals surface area contributed by atoms with Crippen LogP contribution in [0.4, 0.5) is 11.6 Å². The maximum absolute atomic E-state index is 9.47. The molecule has 2 atom stereocenters. The van der Waals surface area contributed by atoms with Crippen LogP contribution >= 0.6 is 0 Å². The molecule has 1 aromatic rings. The van der Waals surface area contributed by atoms with Crippen molar-refractivity contribution < 1.29 is 5.11 Å². The minimum Gasteiger partial charge on any atom is -0.393 e. The molecule has 1 aliphatic carbocycles. The molecule has 0 saturated heterocycles. The third-order valence-electron chi connectivity index (χ3n) is 3.40. The molecule has 1 aliphatic rings. The van der Waals surface area contributed by atoms with E-state index in [2.05, 4.69) is 15.3 Å². The van der Waals surface area contributed by atoms with Crippen molar-refractivity contribution in [2.24, 2.45) is 5.92 Å². The predicted octanol–water partition coefficient (Wildman–Crippen LogP) is 1.19. The van der Waals surface area contributed by atoms with Crippen molar-refractivity contribution in [3.8, 4) is 0 Å². The fraction of sp³-hybridized carbons (Fsp3) is 0.667. The van der Waals surface area contributed by atoms with Gasteiger partial charge in [-0.25, -0.2) is 9.97 Å². The van der Waals surface area contributed by atoms with E-state index in [-0.39, 0.29) is 6.10 Å². The number of hydrogen-bond acceptors (Lipinski definition) is 5. The summed E-state index contributed by atoms with van der Waals surface area (Å²) in [7, 11) is 0. The number of nitrogens with two attached hydrogens (primary N) is 1. The number of anilines is 2. The Labute approximate surface area is 101 Å². The number of nitrogens with one attached hydrogen (secondary N) is 1. The molecular weight excluding hydrogens is 216 g/mol. The van der Waals surface area contributed by atoms with Crippen LogP contribution in [0.3, 0.4) is 0 Å². The topological polar surface area (TPSA) is 84.1 Å². The highest BCUT2D eigenvalue weighted by atomic mass is 16.3. The van der Waals surface area contributed by atoms with Crippen molar-refractivity contribution in [1.29, 1.82) is 0 Å². The van der Waals surface area contributed by atoms with E-state index in [0.717, 1.165) is 43.6 Å². The number of aromatic nitrogens is 2. The van der Waals surface area contributed by atoms with E-state index in [1.807, 2.05) is 6.92 Å². The summed E-state index contributed by atoms with van der Waals surface area (Å²) < 4.78 is 0.